The fourth-order valence-corrected chi connectivity index (χ4v) is 4.02. The minimum atomic E-state index is 0.0622. The maximum absolute atomic E-state index is 6.19. The Hall–Kier alpha value is -1.98. The Balaban J connectivity index is 1.47. The normalized spacial score (nSPS) is 23.0. The summed E-state index contributed by atoms with van der Waals surface area (Å²) in [4.78, 5) is 15.7. The van der Waals surface area contributed by atoms with Gasteiger partial charge in [-0.1, -0.05) is 34.6 Å². The molecule has 0 bridgehead atoms. The van der Waals surface area contributed by atoms with Crippen LogP contribution in [0.15, 0.2) is 6.33 Å². The van der Waals surface area contributed by atoms with Crippen LogP contribution < -0.4 is 9.47 Å². The van der Waals surface area contributed by atoms with Gasteiger partial charge in [0.1, 0.15) is 11.9 Å². The van der Waals surface area contributed by atoms with Crippen LogP contribution in [0.25, 0.3) is 0 Å². The van der Waals surface area contributed by atoms with Crippen molar-refractivity contribution in [1.29, 1.82) is 0 Å². The average molecular weight is 358 g/mol. The van der Waals surface area contributed by atoms with E-state index in [-0.39, 0.29) is 16.9 Å². The van der Waals surface area contributed by atoms with Gasteiger partial charge < -0.3 is 19.4 Å². The van der Waals surface area contributed by atoms with E-state index in [1.54, 1.807) is 6.33 Å². The third-order valence-corrected chi connectivity index (χ3v) is 5.94. The van der Waals surface area contributed by atoms with Gasteiger partial charge in [0, 0.05) is 12.3 Å². The molecule has 0 spiro atoms. The monoisotopic (exact) mass is 358 g/mol. The molecule has 0 fully saturated rings. The molecular weight excluding hydrogens is 328 g/mol. The Labute approximate surface area is 155 Å². The third kappa shape index (κ3) is 3.21. The van der Waals surface area contributed by atoms with E-state index in [4.69, 9.17) is 14.5 Å². The van der Waals surface area contributed by atoms with Crippen LogP contribution in [0, 0.1) is 16.7 Å². The summed E-state index contributed by atoms with van der Waals surface area (Å²) in [6.45, 7) is 12.0. The van der Waals surface area contributed by atoms with Crippen LogP contribution in [0.4, 0.5) is 0 Å². The van der Waals surface area contributed by atoms with Crippen LogP contribution in [-0.2, 0) is 19.3 Å². The second-order valence-corrected chi connectivity index (χ2v) is 9.54. The highest BCUT2D eigenvalue weighted by Crippen LogP contribution is 2.39. The molecule has 2 aromatic rings. The van der Waals surface area contributed by atoms with Crippen molar-refractivity contribution in [2.45, 2.75) is 66.4 Å². The van der Waals surface area contributed by atoms with Crippen LogP contribution >= 0.6 is 0 Å². The Morgan fingerprint density at radius 2 is 1.96 bits per heavy atom. The van der Waals surface area contributed by atoms with Crippen LogP contribution in [0.1, 0.15) is 58.3 Å². The first kappa shape index (κ1) is 17.4. The van der Waals surface area contributed by atoms with Crippen molar-refractivity contribution in [2.24, 2.45) is 16.7 Å². The van der Waals surface area contributed by atoms with E-state index in [0.29, 0.717) is 12.5 Å². The number of imidazole rings is 2. The summed E-state index contributed by atoms with van der Waals surface area (Å²) in [6, 6.07) is 0. The second kappa shape index (κ2) is 6.03. The van der Waals surface area contributed by atoms with Crippen LogP contribution in [-0.4, -0.2) is 32.6 Å². The summed E-state index contributed by atoms with van der Waals surface area (Å²) in [7, 11) is 0. The van der Waals surface area contributed by atoms with Crippen molar-refractivity contribution in [3.8, 4) is 11.8 Å². The van der Waals surface area contributed by atoms with Gasteiger partial charge in [-0.2, -0.15) is 4.98 Å². The van der Waals surface area contributed by atoms with E-state index in [2.05, 4.69) is 49.6 Å². The molecule has 0 aliphatic carbocycles. The van der Waals surface area contributed by atoms with Gasteiger partial charge in [0.05, 0.1) is 24.3 Å². The van der Waals surface area contributed by atoms with Crippen LogP contribution in [0.2, 0.25) is 0 Å². The highest BCUT2D eigenvalue weighted by Gasteiger charge is 2.37. The third-order valence-electron chi connectivity index (χ3n) is 5.94. The highest BCUT2D eigenvalue weighted by atomic mass is 16.5. The number of rotatable bonds is 3. The van der Waals surface area contributed by atoms with Gasteiger partial charge in [0.2, 0.25) is 11.8 Å². The predicted octanol–water partition coefficient (Wildman–Crippen LogP) is 3.69. The molecule has 4 heterocycles. The molecule has 4 rings (SSSR count). The van der Waals surface area contributed by atoms with Gasteiger partial charge >= 0.3 is 0 Å². The number of hydrogen-bond acceptors (Lipinski definition) is 4. The van der Waals surface area contributed by atoms with Crippen molar-refractivity contribution in [2.75, 3.05) is 6.61 Å². The number of nitrogens with zero attached hydrogens (tertiary/aromatic N) is 2. The predicted molar refractivity (Wildman–Crippen MR) is 99.5 cm³/mol. The Morgan fingerprint density at radius 1 is 1.15 bits per heavy atom. The highest BCUT2D eigenvalue weighted by molar-refractivity contribution is 5.25. The van der Waals surface area contributed by atoms with Crippen molar-refractivity contribution in [1.82, 2.24) is 19.9 Å². The smallest absolute Gasteiger partial charge is 0.235 e. The summed E-state index contributed by atoms with van der Waals surface area (Å²) in [5.41, 5.74) is 2.45. The Morgan fingerprint density at radius 3 is 2.73 bits per heavy atom. The first-order chi connectivity index (χ1) is 12.2. The molecule has 2 N–H and O–H groups in total. The Bertz CT molecular complexity index is 784. The summed E-state index contributed by atoms with van der Waals surface area (Å²) in [6.07, 6.45) is 5.83. The summed E-state index contributed by atoms with van der Waals surface area (Å²) in [5.74, 6) is 3.00. The van der Waals surface area contributed by atoms with E-state index in [9.17, 15) is 0 Å². The van der Waals surface area contributed by atoms with Crippen molar-refractivity contribution in [3.05, 3.63) is 23.5 Å². The standard InChI is InChI=1S/C20H30N4O2/c1-19(2,3)15-7-6-13-18(26-15)24-16(23-13)9-20(4,5)12-8-14-17(25-10-12)22-11-21-14/h11-12,15H,6-10H2,1-5H3,(H,21,22)(H,23,24). The van der Waals surface area contributed by atoms with E-state index in [1.165, 1.54) is 0 Å². The van der Waals surface area contributed by atoms with Crippen molar-refractivity contribution >= 4 is 0 Å². The van der Waals surface area contributed by atoms with Gasteiger partial charge in [0.25, 0.3) is 0 Å². The molecular formula is C20H30N4O2. The fraction of sp³-hybridized carbons (Fsp3) is 0.700. The zero-order valence-electron chi connectivity index (χ0n) is 16.5. The second-order valence-electron chi connectivity index (χ2n) is 9.54. The molecule has 6 heteroatoms. The number of H-pyrrole nitrogens is 2. The maximum atomic E-state index is 6.19. The number of aromatic amines is 2. The molecule has 2 unspecified atom stereocenters. The van der Waals surface area contributed by atoms with Crippen molar-refractivity contribution in [3.63, 3.8) is 0 Å². The maximum Gasteiger partial charge on any atom is 0.235 e. The molecule has 2 atom stereocenters. The molecule has 142 valence electrons. The summed E-state index contributed by atoms with van der Waals surface area (Å²) < 4.78 is 12.0. The fourth-order valence-electron chi connectivity index (χ4n) is 4.02. The molecule has 2 aromatic heterocycles. The van der Waals surface area contributed by atoms with Gasteiger partial charge in [-0.15, -0.1) is 0 Å². The van der Waals surface area contributed by atoms with Gasteiger partial charge in [-0.05, 0) is 30.1 Å². The average Bonchev–Trinajstić information content (AvgIpc) is 3.17. The zero-order valence-corrected chi connectivity index (χ0v) is 16.5. The van der Waals surface area contributed by atoms with Gasteiger partial charge in [0.15, 0.2) is 0 Å². The lowest BCUT2D eigenvalue weighted by Gasteiger charge is -2.35. The molecule has 6 nitrogen and oxygen atoms in total. The largest absolute Gasteiger partial charge is 0.476 e. The quantitative estimate of drug-likeness (QED) is 0.877. The minimum absolute atomic E-state index is 0.0622. The van der Waals surface area contributed by atoms with E-state index in [1.807, 2.05) is 0 Å². The molecule has 2 aliphatic rings. The summed E-state index contributed by atoms with van der Waals surface area (Å²) >= 11 is 0. The van der Waals surface area contributed by atoms with Crippen LogP contribution in [0.3, 0.4) is 0 Å². The first-order valence-electron chi connectivity index (χ1n) is 9.62. The lowest BCUT2D eigenvalue weighted by atomic mass is 9.73. The number of hydrogen-bond donors (Lipinski definition) is 2. The Kier molecular flexibility index (Phi) is 4.04. The first-order valence-corrected chi connectivity index (χ1v) is 9.62. The number of nitrogens with one attached hydrogen (secondary N) is 2. The van der Waals surface area contributed by atoms with E-state index in [0.717, 1.165) is 54.7 Å². The van der Waals surface area contributed by atoms with Gasteiger partial charge in [-0.25, -0.2) is 4.98 Å². The molecule has 0 amide bonds. The van der Waals surface area contributed by atoms with Gasteiger partial charge in [-0.3, -0.25) is 0 Å². The molecule has 0 aromatic carbocycles. The number of ether oxygens (including phenoxy) is 2. The SMILES string of the molecule is CC(C)(C)C1CCc2[nH]c(CC(C)(C)C3COc4nc[nH]c4C3)nc2O1. The van der Waals surface area contributed by atoms with E-state index >= 15 is 0 Å². The van der Waals surface area contributed by atoms with Crippen LogP contribution in [0.5, 0.6) is 11.8 Å². The minimum Gasteiger partial charge on any atom is -0.476 e. The lowest BCUT2D eigenvalue weighted by molar-refractivity contribution is 0.0627. The number of fused-ring (bicyclic) bond motifs is 2. The summed E-state index contributed by atoms with van der Waals surface area (Å²) in [5, 5.41) is 0. The number of aryl methyl sites for hydroxylation is 1. The molecule has 26 heavy (non-hydrogen) atoms. The number of aromatic nitrogens is 4. The zero-order chi connectivity index (χ0) is 18.5. The lowest BCUT2D eigenvalue weighted by Crippen LogP contribution is -2.35. The molecule has 0 radical (unpaired) electrons. The van der Waals surface area contributed by atoms with Crippen molar-refractivity contribution < 1.29 is 9.47 Å². The van der Waals surface area contributed by atoms with E-state index < -0.39 is 0 Å². The molecule has 0 saturated heterocycles. The topological polar surface area (TPSA) is 75.8 Å². The molecule has 0 saturated carbocycles. The molecule has 2 aliphatic heterocycles.